The number of carbonyl (C=O) groups is 1. The van der Waals surface area contributed by atoms with Gasteiger partial charge in [0.05, 0.1) is 18.8 Å². The molecule has 0 aromatic rings. The highest BCUT2D eigenvalue weighted by atomic mass is 31.2. The van der Waals surface area contributed by atoms with E-state index in [1.807, 2.05) is 0 Å². The Bertz CT molecular complexity index is 558. The van der Waals surface area contributed by atoms with Crippen molar-refractivity contribution in [1.82, 2.24) is 5.32 Å². The van der Waals surface area contributed by atoms with E-state index < -0.39 is 50.3 Å². The summed E-state index contributed by atoms with van der Waals surface area (Å²) in [5, 5.41) is 31.7. The lowest BCUT2D eigenvalue weighted by molar-refractivity contribution is -0.156. The second kappa shape index (κ2) is 9.60. The number of nitrogens with two attached hydrogens (primary N) is 2. The standard InChI is InChI=1S/C13H27N4O8P/c1-6(19)16-4-7-8(17-13(14)15)3-10(26(22,23)24-2)25-12(7)11(21)9(20)5-18/h7-12,18,20-21H,3-5H2,1-2H3,(H,16,19)(H,22,23)(H4,14,15,17)/t7-,8+,9-,10?,11-,12-/m1/s1. The molecular formula is C13H27N4O8P. The van der Waals surface area contributed by atoms with Gasteiger partial charge in [-0.15, -0.1) is 0 Å². The summed E-state index contributed by atoms with van der Waals surface area (Å²) in [6.07, 6.45) is -4.59. The van der Waals surface area contributed by atoms with E-state index in [0.717, 1.165) is 7.11 Å². The van der Waals surface area contributed by atoms with Gasteiger partial charge in [-0.1, -0.05) is 0 Å². The third-order valence-electron chi connectivity index (χ3n) is 4.12. The van der Waals surface area contributed by atoms with Crippen LogP contribution in [0.2, 0.25) is 0 Å². The number of rotatable bonds is 8. The summed E-state index contributed by atoms with van der Waals surface area (Å²) >= 11 is 0. The molecule has 1 rings (SSSR count). The van der Waals surface area contributed by atoms with Gasteiger partial charge in [0.2, 0.25) is 5.91 Å². The van der Waals surface area contributed by atoms with Crippen LogP contribution in [-0.2, 0) is 18.6 Å². The van der Waals surface area contributed by atoms with Crippen molar-refractivity contribution in [3.05, 3.63) is 0 Å². The Hall–Kier alpha value is -1.27. The molecule has 0 bridgehead atoms. The molecule has 1 amide bonds. The Labute approximate surface area is 150 Å². The van der Waals surface area contributed by atoms with Gasteiger partial charge in [-0.25, -0.2) is 4.99 Å². The highest BCUT2D eigenvalue weighted by molar-refractivity contribution is 7.53. The number of amides is 1. The molecule has 13 heteroatoms. The molecule has 12 nitrogen and oxygen atoms in total. The fraction of sp³-hybridized carbons (Fsp3) is 0.846. The molecule has 0 aliphatic carbocycles. The lowest BCUT2D eigenvalue weighted by atomic mass is 9.85. The Balaban J connectivity index is 3.26. The number of aliphatic hydroxyl groups is 3. The molecule has 1 saturated heterocycles. The first kappa shape index (κ1) is 22.8. The van der Waals surface area contributed by atoms with Gasteiger partial charge in [0.15, 0.2) is 11.8 Å². The molecule has 9 N–H and O–H groups in total. The van der Waals surface area contributed by atoms with Crippen LogP contribution in [0.25, 0.3) is 0 Å². The Morgan fingerprint density at radius 3 is 2.54 bits per heavy atom. The summed E-state index contributed by atoms with van der Waals surface area (Å²) in [6.45, 7) is 0.474. The van der Waals surface area contributed by atoms with Crippen LogP contribution in [0.15, 0.2) is 4.99 Å². The van der Waals surface area contributed by atoms with Gasteiger partial charge in [-0.3, -0.25) is 9.36 Å². The molecule has 0 aromatic carbocycles. The van der Waals surface area contributed by atoms with Crippen LogP contribution in [0.5, 0.6) is 0 Å². The fourth-order valence-electron chi connectivity index (χ4n) is 2.78. The molecule has 0 spiro atoms. The quantitative estimate of drug-likeness (QED) is 0.125. The normalized spacial score (nSPS) is 30.7. The van der Waals surface area contributed by atoms with E-state index in [1.54, 1.807) is 0 Å². The number of nitrogens with one attached hydrogen (secondary N) is 1. The van der Waals surface area contributed by atoms with Gasteiger partial charge < -0.3 is 46.3 Å². The zero-order chi connectivity index (χ0) is 20.1. The van der Waals surface area contributed by atoms with E-state index in [0.29, 0.717) is 0 Å². The van der Waals surface area contributed by atoms with Crippen LogP contribution in [0.3, 0.4) is 0 Å². The lowest BCUT2D eigenvalue weighted by Crippen LogP contribution is -2.56. The van der Waals surface area contributed by atoms with Crippen molar-refractivity contribution >= 4 is 19.5 Å². The molecule has 7 atom stereocenters. The molecule has 0 saturated carbocycles. The third-order valence-corrected chi connectivity index (χ3v) is 5.70. The highest BCUT2D eigenvalue weighted by Gasteiger charge is 2.49. The molecule has 0 radical (unpaired) electrons. The van der Waals surface area contributed by atoms with Crippen molar-refractivity contribution in [1.29, 1.82) is 0 Å². The molecule has 1 aliphatic heterocycles. The third kappa shape index (κ3) is 5.88. The van der Waals surface area contributed by atoms with Gasteiger partial charge in [-0.05, 0) is 0 Å². The first-order valence-corrected chi connectivity index (χ1v) is 9.52. The van der Waals surface area contributed by atoms with Crippen LogP contribution < -0.4 is 16.8 Å². The van der Waals surface area contributed by atoms with Gasteiger partial charge in [0.25, 0.3) is 0 Å². The summed E-state index contributed by atoms with van der Waals surface area (Å²) in [5.41, 5.74) is 10.8. The maximum Gasteiger partial charge on any atom is 0.356 e. The van der Waals surface area contributed by atoms with E-state index in [-0.39, 0.29) is 24.8 Å². The van der Waals surface area contributed by atoms with Crippen molar-refractivity contribution in [2.75, 3.05) is 20.3 Å². The van der Waals surface area contributed by atoms with Crippen molar-refractivity contribution in [3.8, 4) is 0 Å². The summed E-state index contributed by atoms with van der Waals surface area (Å²) < 4.78 is 22.3. The zero-order valence-corrected chi connectivity index (χ0v) is 15.5. The number of guanidine groups is 1. The van der Waals surface area contributed by atoms with Crippen LogP contribution in [0, 0.1) is 5.92 Å². The average Bonchev–Trinajstić information content (AvgIpc) is 2.57. The molecule has 1 fully saturated rings. The van der Waals surface area contributed by atoms with E-state index in [4.69, 9.17) is 21.3 Å². The van der Waals surface area contributed by atoms with Gasteiger partial charge >= 0.3 is 7.60 Å². The minimum atomic E-state index is -4.23. The average molecular weight is 398 g/mol. The minimum Gasteiger partial charge on any atom is -0.394 e. The van der Waals surface area contributed by atoms with Crippen molar-refractivity contribution in [3.63, 3.8) is 0 Å². The predicted molar refractivity (Wildman–Crippen MR) is 91.0 cm³/mol. The molecular weight excluding hydrogens is 371 g/mol. The summed E-state index contributed by atoms with van der Waals surface area (Å²) in [4.78, 5) is 25.2. The SMILES string of the molecule is COP(=O)(O)C1C[C@H](N=C(N)N)[C@@H](CNC(C)=O)[C@H]([C@H](O)[C@H](O)CO)O1. The maximum absolute atomic E-state index is 12.2. The number of hydrogen-bond acceptors (Lipinski definition) is 8. The number of ether oxygens (including phenoxy) is 1. The second-order valence-electron chi connectivity index (χ2n) is 6.00. The smallest absolute Gasteiger partial charge is 0.356 e. The fourth-order valence-corrected chi connectivity index (χ4v) is 3.79. The maximum atomic E-state index is 12.2. The molecule has 1 aliphatic rings. The molecule has 1 heterocycles. The van der Waals surface area contributed by atoms with Crippen molar-refractivity contribution in [2.45, 2.75) is 43.5 Å². The second-order valence-corrected chi connectivity index (χ2v) is 8.07. The lowest BCUT2D eigenvalue weighted by Gasteiger charge is -2.43. The van der Waals surface area contributed by atoms with Crippen LogP contribution in [0.1, 0.15) is 13.3 Å². The first-order chi connectivity index (χ1) is 12.0. The summed E-state index contributed by atoms with van der Waals surface area (Å²) in [7, 11) is -3.20. The van der Waals surface area contributed by atoms with Crippen molar-refractivity contribution < 1.29 is 38.8 Å². The highest BCUT2D eigenvalue weighted by Crippen LogP contribution is 2.52. The number of nitrogens with zero attached hydrogens (tertiary/aromatic N) is 1. The van der Waals surface area contributed by atoms with E-state index in [2.05, 4.69) is 14.8 Å². The monoisotopic (exact) mass is 398 g/mol. The predicted octanol–water partition coefficient (Wildman–Crippen LogP) is -2.96. The number of aliphatic hydroxyl groups excluding tert-OH is 3. The van der Waals surface area contributed by atoms with E-state index in [1.165, 1.54) is 6.92 Å². The number of aliphatic imine (C=N–C) groups is 1. The van der Waals surface area contributed by atoms with Gasteiger partial charge in [0, 0.05) is 32.9 Å². The molecule has 152 valence electrons. The van der Waals surface area contributed by atoms with Gasteiger partial charge in [-0.2, -0.15) is 0 Å². The van der Waals surface area contributed by atoms with E-state index in [9.17, 15) is 24.5 Å². The number of hydrogen-bond donors (Lipinski definition) is 7. The first-order valence-electron chi connectivity index (χ1n) is 7.87. The van der Waals surface area contributed by atoms with Crippen LogP contribution in [-0.4, -0.2) is 82.5 Å². The topological polar surface area (TPSA) is 210 Å². The minimum absolute atomic E-state index is 0.0356. The zero-order valence-electron chi connectivity index (χ0n) is 14.6. The Morgan fingerprint density at radius 1 is 1.46 bits per heavy atom. The Morgan fingerprint density at radius 2 is 2.08 bits per heavy atom. The Kier molecular flexibility index (Phi) is 8.41. The summed E-state index contributed by atoms with van der Waals surface area (Å²) in [6, 6.07) is -0.813. The van der Waals surface area contributed by atoms with E-state index >= 15 is 0 Å². The molecule has 26 heavy (non-hydrogen) atoms. The van der Waals surface area contributed by atoms with Crippen LogP contribution >= 0.6 is 7.60 Å². The summed E-state index contributed by atoms with van der Waals surface area (Å²) in [5.74, 6) is -2.79. The van der Waals surface area contributed by atoms with Gasteiger partial charge in [0.1, 0.15) is 12.2 Å². The molecule has 0 aromatic heterocycles. The number of carbonyl (C=O) groups excluding carboxylic acids is 1. The van der Waals surface area contributed by atoms with Crippen LogP contribution in [0.4, 0.5) is 0 Å². The van der Waals surface area contributed by atoms with Crippen molar-refractivity contribution in [2.24, 2.45) is 22.4 Å². The largest absolute Gasteiger partial charge is 0.394 e. The molecule has 2 unspecified atom stereocenters.